The average Bonchev–Trinajstić information content (AvgIpc) is 2.85. The Balaban J connectivity index is 2.34. The molecule has 0 saturated heterocycles. The molecule has 2 aromatic rings. The fraction of sp³-hybridized carbons (Fsp3) is 0.167. The van der Waals surface area contributed by atoms with Crippen LogP contribution in [0.15, 0.2) is 6.33 Å². The van der Waals surface area contributed by atoms with E-state index in [9.17, 15) is 13.2 Å². The lowest BCUT2D eigenvalue weighted by molar-refractivity contribution is -0.144. The molecule has 0 radical (unpaired) electrons. The lowest BCUT2D eigenvalue weighted by Gasteiger charge is -1.97. The number of aromatic nitrogens is 5. The highest BCUT2D eigenvalue weighted by molar-refractivity contribution is 7.80. The molecule has 6 nitrogen and oxygen atoms in total. The summed E-state index contributed by atoms with van der Waals surface area (Å²) in [6.45, 7) is 0. The average molecular weight is 280 g/mol. The van der Waals surface area contributed by atoms with Gasteiger partial charge in [-0.05, 0) is 0 Å². The van der Waals surface area contributed by atoms with Gasteiger partial charge in [0.15, 0.2) is 0 Å². The summed E-state index contributed by atoms with van der Waals surface area (Å²) in [6, 6.07) is 0. The summed E-state index contributed by atoms with van der Waals surface area (Å²) in [5.74, 6) is -1.16. The first-order valence-corrected chi connectivity index (χ1v) is 5.19. The van der Waals surface area contributed by atoms with E-state index < -0.39 is 12.0 Å². The summed E-state index contributed by atoms with van der Waals surface area (Å²) in [6.07, 6.45) is -3.42. The van der Waals surface area contributed by atoms with Gasteiger partial charge >= 0.3 is 6.18 Å². The summed E-state index contributed by atoms with van der Waals surface area (Å²) < 4.78 is 40.9. The number of nitrogens with zero attached hydrogens (tertiary/aromatic N) is 5. The Kier molecular flexibility index (Phi) is 2.79. The summed E-state index contributed by atoms with van der Waals surface area (Å²) >= 11 is 5.17. The first kappa shape index (κ1) is 11.9. The number of alkyl halides is 3. The third-order valence-corrected chi connectivity index (χ3v) is 2.47. The van der Waals surface area contributed by atoms with Crippen molar-refractivity contribution in [1.29, 1.82) is 0 Å². The van der Waals surface area contributed by atoms with Gasteiger partial charge in [0.05, 0.1) is 0 Å². The van der Waals surface area contributed by atoms with E-state index in [1.54, 1.807) is 0 Å². The van der Waals surface area contributed by atoms with Crippen molar-refractivity contribution in [3.05, 3.63) is 18.0 Å². The predicted octanol–water partition coefficient (Wildman–Crippen LogP) is 0.772. The Bertz CT molecular complexity index is 558. The molecule has 90 valence electrons. The monoisotopic (exact) mass is 280 g/mol. The van der Waals surface area contributed by atoms with Gasteiger partial charge in [-0.15, -0.1) is 5.10 Å². The van der Waals surface area contributed by atoms with E-state index in [2.05, 4.69) is 31.7 Å². The molecule has 0 fully saturated rings. The molecule has 0 atom stereocenters. The first-order valence-electron chi connectivity index (χ1n) is 4.00. The summed E-state index contributed by atoms with van der Waals surface area (Å²) in [4.78, 5) is 6.94. The fourth-order valence-electron chi connectivity index (χ4n) is 0.892. The highest BCUT2D eigenvalue weighted by Gasteiger charge is 2.36. The zero-order valence-electron chi connectivity index (χ0n) is 7.84. The van der Waals surface area contributed by atoms with Crippen LogP contribution < -0.4 is 5.73 Å². The largest absolute Gasteiger partial charge is 0.452 e. The number of nitrogens with two attached hydrogens (primary N) is 1. The quantitative estimate of drug-likeness (QED) is 0.818. The molecule has 17 heavy (non-hydrogen) atoms. The second-order valence-electron chi connectivity index (χ2n) is 2.78. The van der Waals surface area contributed by atoms with Crippen molar-refractivity contribution in [3.63, 3.8) is 0 Å². The molecule has 0 aliphatic rings. The van der Waals surface area contributed by atoms with Gasteiger partial charge in [-0.2, -0.15) is 27.2 Å². The van der Waals surface area contributed by atoms with Gasteiger partial charge in [0.2, 0.25) is 16.8 Å². The Labute approximate surface area is 101 Å². The van der Waals surface area contributed by atoms with Gasteiger partial charge in [-0.1, -0.05) is 12.2 Å². The van der Waals surface area contributed by atoms with Crippen LogP contribution in [0.2, 0.25) is 0 Å². The number of hydrogen-bond acceptors (Lipinski definition) is 6. The van der Waals surface area contributed by atoms with Gasteiger partial charge in [0.25, 0.3) is 0 Å². The summed E-state index contributed by atoms with van der Waals surface area (Å²) in [5.41, 5.74) is 5.26. The maximum Gasteiger partial charge on any atom is 0.452 e. The molecule has 0 aromatic carbocycles. The molecule has 11 heteroatoms. The standard InChI is InChI=1S/C6H3F3N6S2/c7-6(8,9)4-12-5(17-14-4)15-1-11-3(13-15)2(10)16/h1H,(H2,10,16). The van der Waals surface area contributed by atoms with Crippen molar-refractivity contribution >= 4 is 28.7 Å². The molecule has 0 amide bonds. The molecule has 2 rings (SSSR count). The SMILES string of the molecule is NC(=S)c1ncn(-c2nc(C(F)(F)F)ns2)n1. The van der Waals surface area contributed by atoms with Crippen LogP contribution in [-0.2, 0) is 6.18 Å². The highest BCUT2D eigenvalue weighted by atomic mass is 32.1. The minimum absolute atomic E-state index is 0.0516. The van der Waals surface area contributed by atoms with E-state index >= 15 is 0 Å². The zero-order valence-corrected chi connectivity index (χ0v) is 9.47. The number of hydrogen-bond donors (Lipinski definition) is 1. The van der Waals surface area contributed by atoms with E-state index in [1.165, 1.54) is 0 Å². The fourth-order valence-corrected chi connectivity index (χ4v) is 1.60. The minimum atomic E-state index is -4.58. The zero-order chi connectivity index (χ0) is 12.6. The third-order valence-electron chi connectivity index (χ3n) is 1.58. The lowest BCUT2D eigenvalue weighted by atomic mass is 10.6. The van der Waals surface area contributed by atoms with Crippen LogP contribution in [0.5, 0.6) is 0 Å². The second kappa shape index (κ2) is 4.00. The molecule has 0 aliphatic carbocycles. The Morgan fingerprint density at radius 3 is 2.65 bits per heavy atom. The minimum Gasteiger partial charge on any atom is -0.387 e. The van der Waals surface area contributed by atoms with Crippen molar-refractivity contribution in [2.24, 2.45) is 5.73 Å². The van der Waals surface area contributed by atoms with Crippen molar-refractivity contribution < 1.29 is 13.2 Å². The van der Waals surface area contributed by atoms with Crippen molar-refractivity contribution in [3.8, 4) is 5.13 Å². The molecule has 0 aliphatic heterocycles. The molecule has 0 spiro atoms. The van der Waals surface area contributed by atoms with E-state index in [4.69, 9.17) is 5.73 Å². The van der Waals surface area contributed by atoms with Crippen LogP contribution in [0.4, 0.5) is 13.2 Å². The van der Waals surface area contributed by atoms with Crippen LogP contribution in [-0.4, -0.2) is 29.1 Å². The van der Waals surface area contributed by atoms with E-state index in [0.717, 1.165) is 11.0 Å². The van der Waals surface area contributed by atoms with Crippen LogP contribution >= 0.6 is 23.8 Å². The van der Waals surface area contributed by atoms with Crippen molar-refractivity contribution in [2.75, 3.05) is 0 Å². The van der Waals surface area contributed by atoms with Crippen molar-refractivity contribution in [2.45, 2.75) is 6.18 Å². The van der Waals surface area contributed by atoms with Crippen LogP contribution in [0.25, 0.3) is 5.13 Å². The van der Waals surface area contributed by atoms with E-state index in [-0.39, 0.29) is 15.9 Å². The molecule has 2 N–H and O–H groups in total. The molecule has 2 heterocycles. The highest BCUT2D eigenvalue weighted by Crippen LogP contribution is 2.28. The lowest BCUT2D eigenvalue weighted by Crippen LogP contribution is -2.12. The summed E-state index contributed by atoms with van der Waals surface area (Å²) in [5, 5.41) is 3.69. The van der Waals surface area contributed by atoms with E-state index in [0.29, 0.717) is 11.5 Å². The molecular formula is C6H3F3N6S2. The van der Waals surface area contributed by atoms with Gasteiger partial charge < -0.3 is 5.73 Å². The van der Waals surface area contributed by atoms with Gasteiger partial charge in [0.1, 0.15) is 11.3 Å². The Hall–Kier alpha value is -1.62. The smallest absolute Gasteiger partial charge is 0.387 e. The summed E-state index contributed by atoms with van der Waals surface area (Å²) in [7, 11) is 0. The van der Waals surface area contributed by atoms with Crippen molar-refractivity contribution in [1.82, 2.24) is 24.1 Å². The van der Waals surface area contributed by atoms with E-state index in [1.807, 2.05) is 0 Å². The van der Waals surface area contributed by atoms with Crippen LogP contribution in [0, 0.1) is 0 Å². The Morgan fingerprint density at radius 2 is 2.18 bits per heavy atom. The molecule has 0 bridgehead atoms. The number of rotatable bonds is 2. The molecule has 2 aromatic heterocycles. The molecular weight excluding hydrogens is 277 g/mol. The number of halogens is 3. The maximum absolute atomic E-state index is 12.2. The number of thiocarbonyl (C=S) groups is 1. The third kappa shape index (κ3) is 2.39. The van der Waals surface area contributed by atoms with Gasteiger partial charge in [0, 0.05) is 11.5 Å². The first-order chi connectivity index (χ1) is 7.88. The second-order valence-corrected chi connectivity index (χ2v) is 3.95. The topological polar surface area (TPSA) is 82.5 Å². The normalized spacial score (nSPS) is 11.7. The Morgan fingerprint density at radius 1 is 1.47 bits per heavy atom. The van der Waals surface area contributed by atoms with Gasteiger partial charge in [-0.3, -0.25) is 0 Å². The molecule has 0 saturated carbocycles. The van der Waals surface area contributed by atoms with Crippen LogP contribution in [0.1, 0.15) is 11.6 Å². The van der Waals surface area contributed by atoms with Gasteiger partial charge in [-0.25, -0.2) is 4.98 Å². The maximum atomic E-state index is 12.2. The predicted molar refractivity (Wildman–Crippen MR) is 55.7 cm³/mol. The molecule has 0 unspecified atom stereocenters. The van der Waals surface area contributed by atoms with Crippen LogP contribution in [0.3, 0.4) is 0 Å².